The topological polar surface area (TPSA) is 9.23 Å². The molecular weight excluding hydrogens is 336 g/mol. The summed E-state index contributed by atoms with van der Waals surface area (Å²) >= 11 is 1.96. The summed E-state index contributed by atoms with van der Waals surface area (Å²) in [4.78, 5) is 0. The van der Waals surface area contributed by atoms with E-state index >= 15 is 0 Å². The van der Waals surface area contributed by atoms with Gasteiger partial charge in [-0.05, 0) is 81.6 Å². The second-order valence-electron chi connectivity index (χ2n) is 10.1. The Labute approximate surface area is 167 Å². The van der Waals surface area contributed by atoms with Crippen molar-refractivity contribution in [2.75, 3.05) is 5.75 Å². The van der Waals surface area contributed by atoms with Gasteiger partial charge in [-0.1, -0.05) is 64.5 Å². The van der Waals surface area contributed by atoms with Gasteiger partial charge in [0.15, 0.2) is 5.09 Å². The summed E-state index contributed by atoms with van der Waals surface area (Å²) in [7, 11) is 0. The first-order valence-electron chi connectivity index (χ1n) is 10.9. The van der Waals surface area contributed by atoms with Crippen molar-refractivity contribution in [1.29, 1.82) is 0 Å². The average Bonchev–Trinajstić information content (AvgIpc) is 3.31. The largest absolute Gasteiger partial charge is 0.481 e. The van der Waals surface area contributed by atoms with E-state index in [-0.39, 0.29) is 11.0 Å². The van der Waals surface area contributed by atoms with E-state index in [0.717, 1.165) is 36.9 Å². The Bertz CT molecular complexity index is 525. The third kappa shape index (κ3) is 6.98. The molecule has 1 fully saturated rings. The molecular formula is C24H42OS. The molecule has 0 radical (unpaired) electrons. The molecule has 1 nitrogen and oxygen atoms in total. The molecule has 3 unspecified atom stereocenters. The smallest absolute Gasteiger partial charge is 0.152 e. The number of allylic oxidation sites excluding steroid dienone is 3. The lowest BCUT2D eigenvalue weighted by Gasteiger charge is -2.36. The van der Waals surface area contributed by atoms with Crippen LogP contribution in [-0.4, -0.2) is 11.4 Å². The zero-order valence-electron chi connectivity index (χ0n) is 18.4. The fourth-order valence-electron chi connectivity index (χ4n) is 4.34. The SMILES string of the molecule is CCCC(C)=C(OC(C)(CC)CC(C)(C)C)SCCC1=CC2CC2CC1. The highest BCUT2D eigenvalue weighted by molar-refractivity contribution is 8.02. The van der Waals surface area contributed by atoms with Crippen LogP contribution in [0.2, 0.25) is 0 Å². The van der Waals surface area contributed by atoms with Crippen molar-refractivity contribution in [3.05, 3.63) is 22.3 Å². The van der Waals surface area contributed by atoms with Crippen molar-refractivity contribution in [2.24, 2.45) is 17.3 Å². The van der Waals surface area contributed by atoms with Crippen LogP contribution in [0.5, 0.6) is 0 Å². The summed E-state index contributed by atoms with van der Waals surface area (Å²) in [5, 5.41) is 1.21. The molecule has 0 spiro atoms. The molecule has 2 aliphatic rings. The highest BCUT2D eigenvalue weighted by atomic mass is 32.2. The van der Waals surface area contributed by atoms with Gasteiger partial charge in [-0.25, -0.2) is 0 Å². The van der Waals surface area contributed by atoms with Crippen LogP contribution in [0.15, 0.2) is 22.3 Å². The van der Waals surface area contributed by atoms with Crippen molar-refractivity contribution in [2.45, 2.75) is 105 Å². The van der Waals surface area contributed by atoms with Crippen LogP contribution in [0.4, 0.5) is 0 Å². The maximum absolute atomic E-state index is 6.72. The van der Waals surface area contributed by atoms with E-state index in [4.69, 9.17) is 4.74 Å². The Morgan fingerprint density at radius 3 is 2.54 bits per heavy atom. The van der Waals surface area contributed by atoms with Gasteiger partial charge in [0, 0.05) is 5.75 Å². The van der Waals surface area contributed by atoms with E-state index in [1.165, 1.54) is 42.8 Å². The van der Waals surface area contributed by atoms with Gasteiger partial charge in [0.2, 0.25) is 0 Å². The van der Waals surface area contributed by atoms with Gasteiger partial charge in [0.05, 0.1) is 0 Å². The lowest BCUT2D eigenvalue weighted by molar-refractivity contribution is -0.00665. The van der Waals surface area contributed by atoms with E-state index in [9.17, 15) is 0 Å². The molecule has 2 heteroatoms. The second-order valence-corrected chi connectivity index (χ2v) is 11.2. The van der Waals surface area contributed by atoms with Crippen molar-refractivity contribution in [3.63, 3.8) is 0 Å². The summed E-state index contributed by atoms with van der Waals surface area (Å²) < 4.78 is 6.72. The number of ether oxygens (including phenoxy) is 1. The molecule has 0 aromatic rings. The van der Waals surface area contributed by atoms with Gasteiger partial charge in [0.25, 0.3) is 0 Å². The monoisotopic (exact) mass is 378 g/mol. The highest BCUT2D eigenvalue weighted by Gasteiger charge is 2.37. The van der Waals surface area contributed by atoms with E-state index < -0.39 is 0 Å². The Hall–Kier alpha value is -0.370. The van der Waals surface area contributed by atoms with Crippen LogP contribution >= 0.6 is 11.8 Å². The molecule has 0 heterocycles. The molecule has 2 rings (SSSR count). The normalized spacial score (nSPS) is 25.7. The summed E-state index contributed by atoms with van der Waals surface area (Å²) in [5.74, 6) is 3.14. The van der Waals surface area contributed by atoms with Crippen LogP contribution in [0.3, 0.4) is 0 Å². The molecule has 1 saturated carbocycles. The molecule has 26 heavy (non-hydrogen) atoms. The van der Waals surface area contributed by atoms with E-state index in [2.05, 4.69) is 54.5 Å². The minimum atomic E-state index is -0.0685. The van der Waals surface area contributed by atoms with Crippen molar-refractivity contribution >= 4 is 11.8 Å². The van der Waals surface area contributed by atoms with Crippen molar-refractivity contribution in [1.82, 2.24) is 0 Å². The lowest BCUT2D eigenvalue weighted by atomic mass is 9.81. The first-order valence-corrected chi connectivity index (χ1v) is 11.9. The summed E-state index contributed by atoms with van der Waals surface area (Å²) in [6.07, 6.45) is 12.6. The second kappa shape index (κ2) is 9.22. The summed E-state index contributed by atoms with van der Waals surface area (Å²) in [6, 6.07) is 0. The lowest BCUT2D eigenvalue weighted by Crippen LogP contribution is -2.32. The molecule has 0 N–H and O–H groups in total. The van der Waals surface area contributed by atoms with Crippen LogP contribution in [0.25, 0.3) is 0 Å². The van der Waals surface area contributed by atoms with Gasteiger partial charge in [0.1, 0.15) is 5.60 Å². The molecule has 0 amide bonds. The van der Waals surface area contributed by atoms with Gasteiger partial charge in [-0.15, -0.1) is 0 Å². The quantitative estimate of drug-likeness (QED) is 0.280. The first kappa shape index (κ1) is 21.9. The first-order chi connectivity index (χ1) is 12.2. The summed E-state index contributed by atoms with van der Waals surface area (Å²) in [5.41, 5.74) is 3.36. The van der Waals surface area contributed by atoms with Crippen molar-refractivity contribution in [3.8, 4) is 0 Å². The van der Waals surface area contributed by atoms with E-state index in [1.807, 2.05) is 11.8 Å². The van der Waals surface area contributed by atoms with Gasteiger partial charge < -0.3 is 4.74 Å². The summed E-state index contributed by atoms with van der Waals surface area (Å²) in [6.45, 7) is 16.1. The fourth-order valence-corrected chi connectivity index (χ4v) is 5.50. The third-order valence-electron chi connectivity index (χ3n) is 5.88. The zero-order valence-corrected chi connectivity index (χ0v) is 19.2. The molecule has 3 atom stereocenters. The minimum Gasteiger partial charge on any atom is -0.481 e. The predicted molar refractivity (Wildman–Crippen MR) is 117 cm³/mol. The average molecular weight is 379 g/mol. The molecule has 0 aliphatic heterocycles. The number of thioether (sulfide) groups is 1. The van der Waals surface area contributed by atoms with Crippen LogP contribution in [0, 0.1) is 17.3 Å². The highest BCUT2D eigenvalue weighted by Crippen LogP contribution is 2.48. The van der Waals surface area contributed by atoms with E-state index in [1.54, 1.807) is 5.57 Å². The Morgan fingerprint density at radius 1 is 1.23 bits per heavy atom. The van der Waals surface area contributed by atoms with Gasteiger partial charge >= 0.3 is 0 Å². The van der Waals surface area contributed by atoms with Crippen molar-refractivity contribution < 1.29 is 4.74 Å². The van der Waals surface area contributed by atoms with Crippen LogP contribution in [0.1, 0.15) is 99.8 Å². The van der Waals surface area contributed by atoms with Gasteiger partial charge in [-0.3, -0.25) is 0 Å². The van der Waals surface area contributed by atoms with E-state index in [0.29, 0.717) is 0 Å². The van der Waals surface area contributed by atoms with Crippen LogP contribution < -0.4 is 0 Å². The standard InChI is InChI=1S/C24H42OS/c1-8-10-18(3)22(25-24(7,9-2)17-23(4,5)6)26-14-13-19-11-12-20-16-21(20)15-19/h15,20-21H,8-14,16-17H2,1-7H3. The molecule has 2 aliphatic carbocycles. The Morgan fingerprint density at radius 2 is 1.96 bits per heavy atom. The Balaban J connectivity index is 1.97. The van der Waals surface area contributed by atoms with Crippen LogP contribution in [-0.2, 0) is 4.74 Å². The third-order valence-corrected chi connectivity index (χ3v) is 6.99. The number of hydrogen-bond donors (Lipinski definition) is 0. The number of fused-ring (bicyclic) bond motifs is 1. The molecule has 0 saturated heterocycles. The zero-order chi connectivity index (χ0) is 19.4. The predicted octanol–water partition coefficient (Wildman–Crippen LogP) is 8.12. The minimum absolute atomic E-state index is 0.0685. The number of rotatable bonds is 10. The molecule has 0 aromatic heterocycles. The maximum atomic E-state index is 6.72. The van der Waals surface area contributed by atoms with Gasteiger partial charge in [-0.2, -0.15) is 0 Å². The number of hydrogen-bond acceptors (Lipinski definition) is 2. The Kier molecular flexibility index (Phi) is 7.77. The molecule has 150 valence electrons. The maximum Gasteiger partial charge on any atom is 0.152 e. The fraction of sp³-hybridized carbons (Fsp3) is 0.833. The molecule has 0 bridgehead atoms. The molecule has 0 aromatic carbocycles.